The van der Waals surface area contributed by atoms with Crippen molar-refractivity contribution in [3.05, 3.63) is 44.1 Å². The van der Waals surface area contributed by atoms with Gasteiger partial charge in [0.1, 0.15) is 11.4 Å². The van der Waals surface area contributed by atoms with Crippen LogP contribution in [0.2, 0.25) is 0 Å². The van der Waals surface area contributed by atoms with E-state index in [4.69, 9.17) is 0 Å². The molecule has 0 radical (unpaired) electrons. The van der Waals surface area contributed by atoms with E-state index < -0.39 is 39.3 Å². The summed E-state index contributed by atoms with van der Waals surface area (Å²) in [6, 6.07) is 0. The van der Waals surface area contributed by atoms with E-state index in [-0.39, 0.29) is 10.2 Å². The zero-order chi connectivity index (χ0) is 15.9. The molecule has 1 amide bonds. The number of nitrogens with one attached hydrogen (secondary N) is 1. The van der Waals surface area contributed by atoms with Crippen molar-refractivity contribution in [3.63, 3.8) is 0 Å². The number of carbonyl (C=O) groups is 1. The number of carbonyl (C=O) groups excluding carboxylic acids is 1. The summed E-state index contributed by atoms with van der Waals surface area (Å²) >= 11 is 5.40. The Morgan fingerprint density at radius 1 is 1.14 bits per heavy atom. The number of aryl methyl sites for hydroxylation is 1. The highest BCUT2D eigenvalue weighted by molar-refractivity contribution is 9.10. The molecule has 0 aliphatic carbocycles. The van der Waals surface area contributed by atoms with Crippen LogP contribution < -0.4 is 5.32 Å². The maximum absolute atomic E-state index is 13.6. The molecule has 112 valence electrons. The number of halogens is 6. The molecule has 0 fully saturated rings. The Morgan fingerprint density at radius 3 is 2.10 bits per heavy atom. The molecule has 0 bridgehead atoms. The van der Waals surface area contributed by atoms with E-state index >= 15 is 0 Å². The molecule has 21 heavy (non-hydrogen) atoms. The fraction of sp³-hybridized carbons (Fsp3) is 0.0909. The quantitative estimate of drug-likeness (QED) is 0.448. The predicted octanol–water partition coefficient (Wildman–Crippen LogP) is 3.75. The molecule has 0 saturated heterocycles. The van der Waals surface area contributed by atoms with Crippen molar-refractivity contribution in [1.29, 1.82) is 0 Å². The molecule has 10 heteroatoms. The van der Waals surface area contributed by atoms with Crippen molar-refractivity contribution in [2.75, 3.05) is 5.32 Å². The maximum atomic E-state index is 13.6. The van der Waals surface area contributed by atoms with Crippen LogP contribution in [0.3, 0.4) is 0 Å². The van der Waals surface area contributed by atoms with E-state index in [0.29, 0.717) is 0 Å². The van der Waals surface area contributed by atoms with Gasteiger partial charge in [0.2, 0.25) is 0 Å². The van der Waals surface area contributed by atoms with Crippen LogP contribution in [0.4, 0.5) is 23.2 Å². The summed E-state index contributed by atoms with van der Waals surface area (Å²) in [5.41, 5.74) is -1.29. The summed E-state index contributed by atoms with van der Waals surface area (Å²) in [4.78, 5) is 11.9. The van der Waals surface area contributed by atoms with Crippen LogP contribution in [0.15, 0.2) is 15.1 Å². The molecule has 1 N–H and O–H groups in total. The second kappa shape index (κ2) is 5.76. The van der Waals surface area contributed by atoms with Crippen molar-refractivity contribution in [1.82, 2.24) is 9.78 Å². The first kappa shape index (κ1) is 16.0. The second-order valence-electron chi connectivity index (χ2n) is 3.86. The number of nitrogens with zero attached hydrogens (tertiary/aromatic N) is 2. The second-order valence-corrected chi connectivity index (χ2v) is 5.51. The van der Waals surface area contributed by atoms with Crippen LogP contribution in [-0.4, -0.2) is 15.7 Å². The highest BCUT2D eigenvalue weighted by Gasteiger charge is 2.26. The zero-order valence-corrected chi connectivity index (χ0v) is 13.3. The molecule has 4 nitrogen and oxygen atoms in total. The Labute approximate surface area is 132 Å². The smallest absolute Gasteiger partial charge is 0.275 e. The summed E-state index contributed by atoms with van der Waals surface area (Å²) in [7, 11) is 1.41. The van der Waals surface area contributed by atoms with E-state index in [1.807, 2.05) is 0 Å². The minimum Gasteiger partial charge on any atom is -0.315 e. The van der Waals surface area contributed by atoms with Gasteiger partial charge >= 0.3 is 0 Å². The third kappa shape index (κ3) is 2.69. The molecular formula is C11H5Br2F4N3O. The molecule has 0 atom stereocenters. The van der Waals surface area contributed by atoms with Crippen molar-refractivity contribution in [3.8, 4) is 0 Å². The van der Waals surface area contributed by atoms with Gasteiger partial charge in [-0.1, -0.05) is 0 Å². The first-order valence-corrected chi connectivity index (χ1v) is 6.84. The first-order valence-electron chi connectivity index (χ1n) is 5.26. The van der Waals surface area contributed by atoms with Gasteiger partial charge in [0, 0.05) is 7.05 Å². The monoisotopic (exact) mass is 429 g/mol. The van der Waals surface area contributed by atoms with Crippen molar-refractivity contribution in [2.24, 2.45) is 7.05 Å². The van der Waals surface area contributed by atoms with Crippen LogP contribution >= 0.6 is 31.9 Å². The standard InChI is InChI=1S/C11H5Br2F4N3O/c1-20-10(3(12)2-18-20)11(21)19-9-7(16)5(14)4(13)6(15)8(9)17/h2H,1H3,(H,19,21). The lowest BCUT2D eigenvalue weighted by atomic mass is 10.2. The SMILES string of the molecule is Cn1ncc(Br)c1C(=O)Nc1c(F)c(F)c(Br)c(F)c1F. The Kier molecular flexibility index (Phi) is 4.38. The van der Waals surface area contributed by atoms with E-state index in [2.05, 4.69) is 37.0 Å². The Bertz CT molecular complexity index is 699. The van der Waals surface area contributed by atoms with Crippen molar-refractivity contribution >= 4 is 43.5 Å². The summed E-state index contributed by atoms with van der Waals surface area (Å²) in [6.07, 6.45) is 1.28. The lowest BCUT2D eigenvalue weighted by Crippen LogP contribution is -2.19. The molecule has 0 aliphatic heterocycles. The number of aromatic nitrogens is 2. The molecule has 1 aromatic heterocycles. The van der Waals surface area contributed by atoms with Crippen LogP contribution in [0.5, 0.6) is 0 Å². The molecule has 0 saturated carbocycles. The van der Waals surface area contributed by atoms with Gasteiger partial charge in [0.15, 0.2) is 23.3 Å². The molecule has 1 heterocycles. The Morgan fingerprint density at radius 2 is 1.67 bits per heavy atom. The number of hydrogen-bond donors (Lipinski definition) is 1. The summed E-state index contributed by atoms with van der Waals surface area (Å²) in [6.45, 7) is 0. The molecule has 2 rings (SSSR count). The number of amides is 1. The fourth-order valence-electron chi connectivity index (χ4n) is 1.55. The van der Waals surface area contributed by atoms with E-state index in [0.717, 1.165) is 4.68 Å². The molecule has 2 aromatic rings. The first-order chi connectivity index (χ1) is 9.75. The minimum absolute atomic E-state index is 0.0717. The van der Waals surface area contributed by atoms with Crippen LogP contribution in [0.1, 0.15) is 10.5 Å². The number of benzene rings is 1. The van der Waals surface area contributed by atoms with E-state index in [9.17, 15) is 22.4 Å². The van der Waals surface area contributed by atoms with Crippen LogP contribution in [0.25, 0.3) is 0 Å². The third-order valence-corrected chi connectivity index (χ3v) is 3.83. The Balaban J connectivity index is 2.48. The van der Waals surface area contributed by atoms with E-state index in [1.165, 1.54) is 13.2 Å². The van der Waals surface area contributed by atoms with Gasteiger partial charge in [-0.25, -0.2) is 17.6 Å². The normalized spacial score (nSPS) is 10.8. The maximum Gasteiger partial charge on any atom is 0.275 e. The molecule has 0 aliphatic rings. The molecule has 0 unspecified atom stereocenters. The number of hydrogen-bond acceptors (Lipinski definition) is 2. The molecular weight excluding hydrogens is 426 g/mol. The highest BCUT2D eigenvalue weighted by atomic mass is 79.9. The zero-order valence-electron chi connectivity index (χ0n) is 10.1. The molecule has 0 spiro atoms. The van der Waals surface area contributed by atoms with Crippen molar-refractivity contribution < 1.29 is 22.4 Å². The summed E-state index contributed by atoms with van der Waals surface area (Å²) < 4.78 is 54.4. The number of anilines is 1. The van der Waals surface area contributed by atoms with Gasteiger partial charge in [-0.05, 0) is 31.9 Å². The average molecular weight is 431 g/mol. The summed E-state index contributed by atoms with van der Waals surface area (Å²) in [5, 5.41) is 5.53. The lowest BCUT2D eigenvalue weighted by Gasteiger charge is -2.10. The van der Waals surface area contributed by atoms with Gasteiger partial charge in [0.25, 0.3) is 5.91 Å². The topological polar surface area (TPSA) is 46.9 Å². The minimum atomic E-state index is -1.72. The van der Waals surface area contributed by atoms with Gasteiger partial charge in [0.05, 0.1) is 15.1 Å². The van der Waals surface area contributed by atoms with Crippen LogP contribution in [0, 0.1) is 23.3 Å². The third-order valence-electron chi connectivity index (χ3n) is 2.56. The summed E-state index contributed by atoms with van der Waals surface area (Å²) in [5.74, 6) is -7.71. The number of rotatable bonds is 2. The van der Waals surface area contributed by atoms with Gasteiger partial charge in [-0.15, -0.1) is 0 Å². The van der Waals surface area contributed by atoms with Crippen molar-refractivity contribution in [2.45, 2.75) is 0 Å². The average Bonchev–Trinajstić information content (AvgIpc) is 2.78. The van der Waals surface area contributed by atoms with Gasteiger partial charge < -0.3 is 5.32 Å². The van der Waals surface area contributed by atoms with Gasteiger partial charge in [-0.2, -0.15) is 5.10 Å². The molecule has 1 aromatic carbocycles. The largest absolute Gasteiger partial charge is 0.315 e. The predicted molar refractivity (Wildman–Crippen MR) is 72.8 cm³/mol. The lowest BCUT2D eigenvalue weighted by molar-refractivity contribution is 0.101. The van der Waals surface area contributed by atoms with E-state index in [1.54, 1.807) is 5.32 Å². The van der Waals surface area contributed by atoms with Gasteiger partial charge in [-0.3, -0.25) is 9.48 Å². The highest BCUT2D eigenvalue weighted by Crippen LogP contribution is 2.31. The Hall–Kier alpha value is -1.42. The van der Waals surface area contributed by atoms with Crippen LogP contribution in [-0.2, 0) is 7.05 Å². The fourth-order valence-corrected chi connectivity index (χ4v) is 2.43.